The average molecular weight is 338 g/mol. The highest BCUT2D eigenvalue weighted by molar-refractivity contribution is 5.86. The highest BCUT2D eigenvalue weighted by atomic mass is 15.3. The first-order valence-electron chi connectivity index (χ1n) is 8.75. The number of aromatic amines is 1. The van der Waals surface area contributed by atoms with Crippen LogP contribution >= 0.6 is 0 Å². The lowest BCUT2D eigenvalue weighted by Crippen LogP contribution is -2.39. The Balaban J connectivity index is 1.42. The maximum atomic E-state index is 4.28. The molecule has 3 N–H and O–H groups in total. The van der Waals surface area contributed by atoms with E-state index in [1.165, 1.54) is 22.0 Å². The van der Waals surface area contributed by atoms with Gasteiger partial charge in [0.25, 0.3) is 0 Å². The number of hydrogen-bond donors (Lipinski definition) is 3. The Bertz CT molecular complexity index is 816. The molecule has 25 heavy (non-hydrogen) atoms. The Kier molecular flexibility index (Phi) is 5.72. The van der Waals surface area contributed by atoms with Crippen LogP contribution in [0.15, 0.2) is 47.8 Å². The maximum Gasteiger partial charge on any atom is 0.190 e. The maximum absolute atomic E-state index is 4.28. The molecule has 0 amide bonds. The van der Waals surface area contributed by atoms with Gasteiger partial charge in [-0.15, -0.1) is 0 Å². The van der Waals surface area contributed by atoms with E-state index in [1.54, 1.807) is 13.2 Å². The number of para-hydroxylation sites is 1. The van der Waals surface area contributed by atoms with Gasteiger partial charge in [0.05, 0.1) is 0 Å². The van der Waals surface area contributed by atoms with Crippen molar-refractivity contribution in [3.05, 3.63) is 54.0 Å². The van der Waals surface area contributed by atoms with Crippen LogP contribution in [-0.2, 0) is 13.0 Å². The van der Waals surface area contributed by atoms with Crippen molar-refractivity contribution in [1.29, 1.82) is 0 Å². The summed E-state index contributed by atoms with van der Waals surface area (Å²) in [4.78, 5) is 7.66. The summed E-state index contributed by atoms with van der Waals surface area (Å²) in [6, 6.07) is 8.37. The number of nitrogens with one attached hydrogen (secondary N) is 3. The average Bonchev–Trinajstić information content (AvgIpc) is 3.28. The van der Waals surface area contributed by atoms with Crippen LogP contribution in [0, 0.1) is 6.92 Å². The predicted octanol–water partition coefficient (Wildman–Crippen LogP) is 2.47. The molecule has 0 spiro atoms. The second kappa shape index (κ2) is 8.37. The monoisotopic (exact) mass is 338 g/mol. The number of H-pyrrole nitrogens is 1. The van der Waals surface area contributed by atoms with E-state index in [9.17, 15) is 0 Å². The van der Waals surface area contributed by atoms with Crippen molar-refractivity contribution in [3.63, 3.8) is 0 Å². The smallest absolute Gasteiger partial charge is 0.190 e. The molecule has 0 aliphatic carbocycles. The zero-order valence-corrected chi connectivity index (χ0v) is 14.9. The first-order valence-corrected chi connectivity index (χ1v) is 8.75. The van der Waals surface area contributed by atoms with Crippen LogP contribution in [0.4, 0.5) is 0 Å². The number of hydrogen-bond acceptors (Lipinski definition) is 2. The van der Waals surface area contributed by atoms with Crippen LogP contribution in [0.2, 0.25) is 0 Å². The summed E-state index contributed by atoms with van der Waals surface area (Å²) in [5, 5.41) is 12.2. The Morgan fingerprint density at radius 3 is 2.92 bits per heavy atom. The molecule has 0 atom stereocenters. The number of aryl methyl sites for hydroxylation is 2. The molecule has 132 valence electrons. The molecule has 0 unspecified atom stereocenters. The molecule has 0 radical (unpaired) electrons. The molecule has 1 aromatic carbocycles. The van der Waals surface area contributed by atoms with Crippen molar-refractivity contribution < 1.29 is 0 Å². The summed E-state index contributed by atoms with van der Waals surface area (Å²) < 4.78 is 1.94. The number of aliphatic imine (C=N–C) groups is 1. The highest BCUT2D eigenvalue weighted by Crippen LogP contribution is 2.21. The lowest BCUT2D eigenvalue weighted by Gasteiger charge is -2.11. The molecule has 6 heteroatoms. The van der Waals surface area contributed by atoms with Crippen molar-refractivity contribution in [3.8, 4) is 0 Å². The van der Waals surface area contributed by atoms with E-state index < -0.39 is 0 Å². The minimum absolute atomic E-state index is 0.844. The SMILES string of the molecule is CN=C(NCCCn1cccn1)NCCc1c[nH]c2c(C)cccc12. The molecule has 2 aromatic heterocycles. The summed E-state index contributed by atoms with van der Waals surface area (Å²) in [5.74, 6) is 0.844. The molecule has 2 heterocycles. The van der Waals surface area contributed by atoms with Crippen LogP contribution in [0.5, 0.6) is 0 Å². The van der Waals surface area contributed by atoms with Crippen molar-refractivity contribution in [1.82, 2.24) is 25.4 Å². The van der Waals surface area contributed by atoms with Gasteiger partial charge in [-0.2, -0.15) is 5.10 Å². The summed E-state index contributed by atoms with van der Waals surface area (Å²) in [7, 11) is 1.80. The Hall–Kier alpha value is -2.76. The van der Waals surface area contributed by atoms with Crippen molar-refractivity contribution in [2.45, 2.75) is 26.3 Å². The lowest BCUT2D eigenvalue weighted by atomic mass is 10.1. The van der Waals surface area contributed by atoms with Gasteiger partial charge in [0.2, 0.25) is 0 Å². The van der Waals surface area contributed by atoms with Gasteiger partial charge in [0, 0.05) is 56.2 Å². The van der Waals surface area contributed by atoms with E-state index in [0.717, 1.165) is 38.4 Å². The fourth-order valence-electron chi connectivity index (χ4n) is 2.99. The van der Waals surface area contributed by atoms with Crippen molar-refractivity contribution in [2.24, 2.45) is 4.99 Å². The van der Waals surface area contributed by atoms with Gasteiger partial charge in [0.1, 0.15) is 0 Å². The fraction of sp³-hybridized carbons (Fsp3) is 0.368. The zero-order chi connectivity index (χ0) is 17.5. The third-order valence-corrected chi connectivity index (χ3v) is 4.34. The van der Waals surface area contributed by atoms with Crippen LogP contribution in [0.1, 0.15) is 17.5 Å². The number of guanidine groups is 1. The molecule has 0 fully saturated rings. The van der Waals surface area contributed by atoms with E-state index in [-0.39, 0.29) is 0 Å². The van der Waals surface area contributed by atoms with Gasteiger partial charge in [-0.05, 0) is 37.0 Å². The molecular weight excluding hydrogens is 312 g/mol. The quantitative estimate of drug-likeness (QED) is 0.352. The predicted molar refractivity (Wildman–Crippen MR) is 103 cm³/mol. The van der Waals surface area contributed by atoms with Crippen LogP contribution in [0.3, 0.4) is 0 Å². The highest BCUT2D eigenvalue weighted by Gasteiger charge is 2.05. The third-order valence-electron chi connectivity index (χ3n) is 4.34. The lowest BCUT2D eigenvalue weighted by molar-refractivity contribution is 0.570. The molecular formula is C19H26N6. The Labute approximate surface area is 148 Å². The van der Waals surface area contributed by atoms with Gasteiger partial charge in [0.15, 0.2) is 5.96 Å². The molecule has 0 saturated carbocycles. The fourth-order valence-corrected chi connectivity index (χ4v) is 2.99. The first-order chi connectivity index (χ1) is 12.3. The van der Waals surface area contributed by atoms with Gasteiger partial charge in [-0.1, -0.05) is 18.2 Å². The number of benzene rings is 1. The number of nitrogens with zero attached hydrogens (tertiary/aromatic N) is 3. The normalized spacial score (nSPS) is 11.8. The van der Waals surface area contributed by atoms with Gasteiger partial charge < -0.3 is 15.6 Å². The number of aromatic nitrogens is 3. The minimum Gasteiger partial charge on any atom is -0.361 e. The topological polar surface area (TPSA) is 70.0 Å². The second-order valence-corrected chi connectivity index (χ2v) is 6.11. The molecule has 3 aromatic rings. The van der Waals surface area contributed by atoms with E-state index >= 15 is 0 Å². The van der Waals surface area contributed by atoms with Crippen LogP contribution in [-0.4, -0.2) is 40.9 Å². The molecule has 6 nitrogen and oxygen atoms in total. The molecule has 0 bridgehead atoms. The Morgan fingerprint density at radius 1 is 1.24 bits per heavy atom. The summed E-state index contributed by atoms with van der Waals surface area (Å²) >= 11 is 0. The van der Waals surface area contributed by atoms with E-state index in [4.69, 9.17) is 0 Å². The van der Waals surface area contributed by atoms with Gasteiger partial charge in [-0.3, -0.25) is 9.67 Å². The summed E-state index contributed by atoms with van der Waals surface area (Å²) in [6.07, 6.45) is 7.86. The molecule has 3 rings (SSSR count). The Morgan fingerprint density at radius 2 is 2.12 bits per heavy atom. The second-order valence-electron chi connectivity index (χ2n) is 6.11. The largest absolute Gasteiger partial charge is 0.361 e. The summed E-state index contributed by atoms with van der Waals surface area (Å²) in [5.41, 5.74) is 3.85. The van der Waals surface area contributed by atoms with Gasteiger partial charge in [-0.25, -0.2) is 0 Å². The van der Waals surface area contributed by atoms with Crippen LogP contribution in [0.25, 0.3) is 10.9 Å². The third kappa shape index (κ3) is 4.41. The van der Waals surface area contributed by atoms with E-state index in [1.807, 2.05) is 16.9 Å². The molecule has 0 saturated heterocycles. The van der Waals surface area contributed by atoms with E-state index in [0.29, 0.717) is 0 Å². The first kappa shape index (κ1) is 17.1. The van der Waals surface area contributed by atoms with Gasteiger partial charge >= 0.3 is 0 Å². The molecule has 0 aliphatic rings. The molecule has 0 aliphatic heterocycles. The van der Waals surface area contributed by atoms with Crippen molar-refractivity contribution >= 4 is 16.9 Å². The zero-order valence-electron chi connectivity index (χ0n) is 14.9. The number of fused-ring (bicyclic) bond motifs is 1. The number of rotatable bonds is 7. The standard InChI is InChI=1S/C19H26N6/c1-15-6-3-7-17-16(14-23-18(15)17)8-11-22-19(20-2)21-9-4-12-25-13-5-10-24-25/h3,5-7,10,13-14,23H,4,8-9,11-12H2,1-2H3,(H2,20,21,22). The van der Waals surface area contributed by atoms with Crippen LogP contribution < -0.4 is 10.6 Å². The minimum atomic E-state index is 0.844. The van der Waals surface area contributed by atoms with Crippen molar-refractivity contribution in [2.75, 3.05) is 20.1 Å². The summed E-state index contributed by atoms with van der Waals surface area (Å²) in [6.45, 7) is 4.76. The van der Waals surface area contributed by atoms with E-state index in [2.05, 4.69) is 57.0 Å².